The highest BCUT2D eigenvalue weighted by molar-refractivity contribution is 9.10. The van der Waals surface area contributed by atoms with Gasteiger partial charge >= 0.3 is 0 Å². The zero-order valence-corrected chi connectivity index (χ0v) is 14.0. The van der Waals surface area contributed by atoms with E-state index in [2.05, 4.69) is 21.2 Å². The molecule has 0 saturated carbocycles. The van der Waals surface area contributed by atoms with Crippen molar-refractivity contribution in [2.24, 2.45) is 5.41 Å². The summed E-state index contributed by atoms with van der Waals surface area (Å²) in [5.41, 5.74) is -0.405. The molecule has 0 aliphatic carbocycles. The number of carbonyl (C=O) groups excluding carboxylic acids is 2. The zero-order chi connectivity index (χ0) is 15.3. The molecule has 2 amide bonds. The van der Waals surface area contributed by atoms with E-state index in [1.54, 1.807) is 30.9 Å². The van der Waals surface area contributed by atoms with Gasteiger partial charge in [-0.25, -0.2) is 0 Å². The third-order valence-electron chi connectivity index (χ3n) is 3.26. The molecule has 5 heteroatoms. The number of amides is 2. The number of nitrogens with one attached hydrogen (secondary N) is 1. The van der Waals surface area contributed by atoms with Gasteiger partial charge in [0.05, 0.1) is 0 Å². The Balaban J connectivity index is 2.83. The summed E-state index contributed by atoms with van der Waals surface area (Å²) in [7, 11) is 0. The highest BCUT2D eigenvalue weighted by Gasteiger charge is 2.38. The molecule has 0 heterocycles. The number of carbonyl (C=O) groups is 2. The molecule has 0 spiro atoms. The summed E-state index contributed by atoms with van der Waals surface area (Å²) in [6, 6.07) is 7.27. The molecule has 4 nitrogen and oxygen atoms in total. The molecule has 110 valence electrons. The van der Waals surface area contributed by atoms with E-state index in [1.165, 1.54) is 0 Å². The van der Waals surface area contributed by atoms with Crippen molar-refractivity contribution in [2.75, 3.05) is 18.4 Å². The summed E-state index contributed by atoms with van der Waals surface area (Å²) in [4.78, 5) is 26.4. The van der Waals surface area contributed by atoms with Crippen LogP contribution in [0, 0.1) is 5.41 Å². The molecule has 0 unspecified atom stereocenters. The number of nitrogens with zero attached hydrogens (tertiary/aromatic N) is 1. The molecule has 20 heavy (non-hydrogen) atoms. The summed E-state index contributed by atoms with van der Waals surface area (Å²) in [5.74, 6) is -0.450. The van der Waals surface area contributed by atoms with Crippen LogP contribution in [-0.2, 0) is 9.59 Å². The van der Waals surface area contributed by atoms with Crippen LogP contribution < -0.4 is 5.32 Å². The Labute approximate surface area is 128 Å². The van der Waals surface area contributed by atoms with Gasteiger partial charge in [0, 0.05) is 23.2 Å². The molecule has 1 rings (SSSR count). The summed E-state index contributed by atoms with van der Waals surface area (Å²) in [5, 5.41) is 2.79. The van der Waals surface area contributed by atoms with E-state index in [0.717, 1.165) is 4.47 Å². The monoisotopic (exact) mass is 340 g/mol. The van der Waals surface area contributed by atoms with Gasteiger partial charge in [0.15, 0.2) is 0 Å². The molecule has 0 aliphatic heterocycles. The van der Waals surface area contributed by atoms with Crippen LogP contribution in [0.1, 0.15) is 27.7 Å². The average Bonchev–Trinajstić information content (AvgIpc) is 2.42. The molecule has 0 aliphatic rings. The van der Waals surface area contributed by atoms with E-state index < -0.39 is 5.41 Å². The number of halogens is 1. The predicted octanol–water partition coefficient (Wildman–Crippen LogP) is 3.28. The fourth-order valence-corrected chi connectivity index (χ4v) is 2.09. The van der Waals surface area contributed by atoms with Crippen LogP contribution in [0.3, 0.4) is 0 Å². The van der Waals surface area contributed by atoms with Crippen molar-refractivity contribution in [3.63, 3.8) is 0 Å². The van der Waals surface area contributed by atoms with Crippen LogP contribution in [0.2, 0.25) is 0 Å². The lowest BCUT2D eigenvalue weighted by Crippen LogP contribution is -2.47. The summed E-state index contributed by atoms with van der Waals surface area (Å²) in [6.45, 7) is 8.33. The van der Waals surface area contributed by atoms with Crippen LogP contribution >= 0.6 is 15.9 Å². The molecule has 0 saturated heterocycles. The van der Waals surface area contributed by atoms with Gasteiger partial charge in [0.25, 0.3) is 0 Å². The lowest BCUT2D eigenvalue weighted by atomic mass is 9.90. The van der Waals surface area contributed by atoms with E-state index in [-0.39, 0.29) is 11.8 Å². The van der Waals surface area contributed by atoms with Gasteiger partial charge in [-0.3, -0.25) is 9.59 Å². The first-order valence-electron chi connectivity index (χ1n) is 6.69. The Morgan fingerprint density at radius 2 is 1.65 bits per heavy atom. The second-order valence-corrected chi connectivity index (χ2v) is 5.98. The predicted molar refractivity (Wildman–Crippen MR) is 84.5 cm³/mol. The first-order chi connectivity index (χ1) is 9.32. The third-order valence-corrected chi connectivity index (χ3v) is 3.78. The summed E-state index contributed by atoms with van der Waals surface area (Å²) < 4.78 is 0.939. The van der Waals surface area contributed by atoms with Gasteiger partial charge in [-0.2, -0.15) is 0 Å². The number of hydrogen-bond donors (Lipinski definition) is 1. The Hall–Kier alpha value is -1.36. The van der Waals surface area contributed by atoms with Crippen molar-refractivity contribution < 1.29 is 9.59 Å². The van der Waals surface area contributed by atoms with Crippen molar-refractivity contribution in [3.8, 4) is 0 Å². The standard InChI is InChI=1S/C15H21BrN2O2/c1-5-18(6-2)14(20)15(3,4)13(19)17-12-9-7-11(16)8-10-12/h7-10H,5-6H2,1-4H3,(H,17,19). The molecule has 1 N–H and O–H groups in total. The molecular weight excluding hydrogens is 320 g/mol. The minimum Gasteiger partial charge on any atom is -0.342 e. The Kier molecular flexibility index (Phi) is 5.74. The molecule has 1 aromatic carbocycles. The number of benzene rings is 1. The number of anilines is 1. The van der Waals surface area contributed by atoms with Crippen LogP contribution in [-0.4, -0.2) is 29.8 Å². The summed E-state index contributed by atoms with van der Waals surface area (Å²) in [6.07, 6.45) is 0. The molecule has 1 aromatic rings. The van der Waals surface area contributed by atoms with Crippen molar-refractivity contribution in [1.29, 1.82) is 0 Å². The lowest BCUT2D eigenvalue weighted by Gasteiger charge is -2.29. The van der Waals surface area contributed by atoms with Crippen LogP contribution in [0.25, 0.3) is 0 Å². The maximum Gasteiger partial charge on any atom is 0.239 e. The highest BCUT2D eigenvalue weighted by Crippen LogP contribution is 2.22. The van der Waals surface area contributed by atoms with Crippen molar-refractivity contribution >= 4 is 33.4 Å². The minimum atomic E-state index is -1.08. The first-order valence-corrected chi connectivity index (χ1v) is 7.48. The van der Waals surface area contributed by atoms with Crippen molar-refractivity contribution in [2.45, 2.75) is 27.7 Å². The van der Waals surface area contributed by atoms with Crippen molar-refractivity contribution in [1.82, 2.24) is 4.90 Å². The van der Waals surface area contributed by atoms with Gasteiger partial charge in [0.2, 0.25) is 11.8 Å². The number of hydrogen-bond acceptors (Lipinski definition) is 2. The van der Waals surface area contributed by atoms with Crippen LogP contribution in [0.5, 0.6) is 0 Å². The molecular formula is C15H21BrN2O2. The normalized spacial score (nSPS) is 11.1. The van der Waals surface area contributed by atoms with Gasteiger partial charge in [0.1, 0.15) is 5.41 Å². The zero-order valence-electron chi connectivity index (χ0n) is 12.4. The van der Waals surface area contributed by atoms with E-state index in [4.69, 9.17) is 0 Å². The Bertz CT molecular complexity index is 479. The van der Waals surface area contributed by atoms with Crippen molar-refractivity contribution in [3.05, 3.63) is 28.7 Å². The minimum absolute atomic E-state index is 0.155. The molecule has 0 aromatic heterocycles. The molecule has 0 bridgehead atoms. The maximum absolute atomic E-state index is 12.4. The fourth-order valence-electron chi connectivity index (χ4n) is 1.82. The van der Waals surface area contributed by atoms with E-state index in [0.29, 0.717) is 18.8 Å². The van der Waals surface area contributed by atoms with Gasteiger partial charge in [-0.15, -0.1) is 0 Å². The van der Waals surface area contributed by atoms with E-state index in [9.17, 15) is 9.59 Å². The maximum atomic E-state index is 12.4. The van der Waals surface area contributed by atoms with Gasteiger partial charge < -0.3 is 10.2 Å². The van der Waals surface area contributed by atoms with Gasteiger partial charge in [-0.1, -0.05) is 15.9 Å². The van der Waals surface area contributed by atoms with E-state index in [1.807, 2.05) is 26.0 Å². The third kappa shape index (κ3) is 3.82. The van der Waals surface area contributed by atoms with Crippen LogP contribution in [0.4, 0.5) is 5.69 Å². The fraction of sp³-hybridized carbons (Fsp3) is 0.467. The Morgan fingerprint density at radius 3 is 2.10 bits per heavy atom. The van der Waals surface area contributed by atoms with E-state index >= 15 is 0 Å². The average molecular weight is 341 g/mol. The SMILES string of the molecule is CCN(CC)C(=O)C(C)(C)C(=O)Nc1ccc(Br)cc1. The lowest BCUT2D eigenvalue weighted by molar-refractivity contribution is -0.146. The second kappa shape index (κ2) is 6.88. The second-order valence-electron chi connectivity index (χ2n) is 5.06. The summed E-state index contributed by atoms with van der Waals surface area (Å²) >= 11 is 3.34. The number of rotatable bonds is 5. The smallest absolute Gasteiger partial charge is 0.239 e. The first kappa shape index (κ1) is 16.7. The quantitative estimate of drug-likeness (QED) is 0.836. The van der Waals surface area contributed by atoms with Crippen LogP contribution in [0.15, 0.2) is 28.7 Å². The topological polar surface area (TPSA) is 49.4 Å². The molecule has 0 radical (unpaired) electrons. The largest absolute Gasteiger partial charge is 0.342 e. The van der Waals surface area contributed by atoms with Gasteiger partial charge in [-0.05, 0) is 52.0 Å². The molecule has 0 fully saturated rings. The highest BCUT2D eigenvalue weighted by atomic mass is 79.9. The Morgan fingerprint density at radius 1 is 1.15 bits per heavy atom. The molecule has 0 atom stereocenters.